The van der Waals surface area contributed by atoms with Crippen molar-refractivity contribution in [2.75, 3.05) is 0 Å². The first-order chi connectivity index (χ1) is 12.3. The summed E-state index contributed by atoms with van der Waals surface area (Å²) in [6.07, 6.45) is -2.68. The van der Waals surface area contributed by atoms with Crippen molar-refractivity contribution >= 4 is 0 Å². The van der Waals surface area contributed by atoms with E-state index in [-0.39, 0.29) is 11.9 Å². The summed E-state index contributed by atoms with van der Waals surface area (Å²) < 4.78 is 128. The van der Waals surface area contributed by atoms with Gasteiger partial charge < -0.3 is 9.84 Å². The first-order valence-corrected chi connectivity index (χ1v) is 8.05. The quantitative estimate of drug-likeness (QED) is 0.648. The monoisotopic (exact) mass is 424 g/mol. The molecule has 1 aliphatic rings. The molecule has 0 heterocycles. The Morgan fingerprint density at radius 1 is 0.821 bits per heavy atom. The van der Waals surface area contributed by atoms with Crippen LogP contribution in [0.25, 0.3) is 0 Å². The van der Waals surface area contributed by atoms with Gasteiger partial charge in [0.05, 0.1) is 11.7 Å². The second-order valence-corrected chi connectivity index (χ2v) is 7.24. The Morgan fingerprint density at radius 3 is 1.57 bits per heavy atom. The van der Waals surface area contributed by atoms with Gasteiger partial charge in [0.2, 0.25) is 0 Å². The van der Waals surface area contributed by atoms with Crippen molar-refractivity contribution in [2.45, 2.75) is 68.3 Å². The molecule has 0 saturated heterocycles. The molecule has 1 N–H and O–H groups in total. The number of aliphatic hydroxyl groups is 1. The fourth-order valence-corrected chi connectivity index (χ4v) is 3.05. The van der Waals surface area contributed by atoms with Gasteiger partial charge in [0.15, 0.2) is 0 Å². The Hall–Kier alpha value is -1.65. The van der Waals surface area contributed by atoms with Crippen molar-refractivity contribution in [3.05, 3.63) is 29.8 Å². The summed E-state index contributed by atoms with van der Waals surface area (Å²) in [6.45, 7) is 3.91. The lowest BCUT2D eigenvalue weighted by molar-refractivity contribution is -0.303. The zero-order chi connectivity index (χ0) is 22.0. The highest BCUT2D eigenvalue weighted by atomic mass is 19.4. The van der Waals surface area contributed by atoms with Gasteiger partial charge in [-0.2, -0.15) is 35.1 Å². The number of hydrogen-bond donors (Lipinski definition) is 1. The van der Waals surface area contributed by atoms with Crippen LogP contribution in [0.1, 0.15) is 32.8 Å². The van der Waals surface area contributed by atoms with E-state index in [0.29, 0.717) is 6.92 Å². The van der Waals surface area contributed by atoms with Crippen LogP contribution in [-0.4, -0.2) is 40.6 Å². The summed E-state index contributed by atoms with van der Waals surface area (Å²) in [4.78, 5) is 0. The molecule has 0 bridgehead atoms. The maximum Gasteiger partial charge on any atom is 0.381 e. The molecular weight excluding hydrogens is 407 g/mol. The summed E-state index contributed by atoms with van der Waals surface area (Å²) in [5.41, 5.74) is -9.07. The normalized spacial score (nSPS) is 26.1. The van der Waals surface area contributed by atoms with Crippen LogP contribution in [-0.2, 0) is 5.60 Å². The molecule has 1 aromatic rings. The number of rotatable bonds is 5. The molecule has 0 aromatic heterocycles. The Kier molecular flexibility index (Phi) is 4.99. The molecular formula is C17H17F9O2. The average molecular weight is 424 g/mol. The van der Waals surface area contributed by atoms with Gasteiger partial charge in [-0.3, -0.25) is 0 Å². The topological polar surface area (TPSA) is 29.5 Å². The summed E-state index contributed by atoms with van der Waals surface area (Å²) in [6, 6.07) is 4.34. The van der Waals surface area contributed by atoms with E-state index in [1.165, 1.54) is 12.1 Å². The highest BCUT2D eigenvalue weighted by Crippen LogP contribution is 2.70. The first-order valence-electron chi connectivity index (χ1n) is 8.05. The van der Waals surface area contributed by atoms with Crippen LogP contribution in [0.4, 0.5) is 39.5 Å². The number of ether oxygens (including phenoxy) is 1. The summed E-state index contributed by atoms with van der Waals surface area (Å²) >= 11 is 0. The van der Waals surface area contributed by atoms with Gasteiger partial charge in [0, 0.05) is 6.42 Å². The lowest BCUT2D eigenvalue weighted by Gasteiger charge is -2.36. The average Bonchev–Trinajstić information content (AvgIpc) is 2.57. The predicted molar refractivity (Wildman–Crippen MR) is 80.0 cm³/mol. The van der Waals surface area contributed by atoms with Gasteiger partial charge in [0.25, 0.3) is 5.67 Å². The van der Waals surface area contributed by atoms with E-state index in [1.807, 2.05) is 0 Å². The van der Waals surface area contributed by atoms with Crippen molar-refractivity contribution in [3.8, 4) is 5.75 Å². The molecule has 0 radical (unpaired) electrons. The number of halogens is 9. The Bertz CT molecular complexity index is 701. The van der Waals surface area contributed by atoms with E-state index in [1.54, 1.807) is 13.8 Å². The van der Waals surface area contributed by atoms with Gasteiger partial charge in [-0.05, 0) is 38.5 Å². The lowest BCUT2D eigenvalue weighted by atomic mass is 9.80. The van der Waals surface area contributed by atoms with Crippen LogP contribution in [0, 0.1) is 0 Å². The van der Waals surface area contributed by atoms with Gasteiger partial charge in [0.1, 0.15) is 5.75 Å². The number of benzene rings is 1. The standard InChI is InChI=1S/C17H17F9O2/c1-9(2)28-11-6-4-10(5-7-11)12(3,27)8-13(18)14(19,20)16(23,24)17(25,26)15(13,21)22/h4-7,9,27H,8H2,1-3H3. The van der Waals surface area contributed by atoms with Crippen molar-refractivity contribution in [3.63, 3.8) is 0 Å². The fourth-order valence-electron chi connectivity index (χ4n) is 3.05. The van der Waals surface area contributed by atoms with Crippen LogP contribution >= 0.6 is 0 Å². The SMILES string of the molecule is CC(C)Oc1ccc(C(C)(O)CC2(F)C(F)(F)C(F)(F)C(F)(F)C2(F)F)cc1. The molecule has 1 fully saturated rings. The molecule has 1 unspecified atom stereocenters. The summed E-state index contributed by atoms with van der Waals surface area (Å²) in [7, 11) is 0. The van der Waals surface area contributed by atoms with Gasteiger partial charge in [-0.1, -0.05) is 12.1 Å². The van der Waals surface area contributed by atoms with Gasteiger partial charge >= 0.3 is 23.7 Å². The molecule has 1 aromatic carbocycles. The van der Waals surface area contributed by atoms with Crippen LogP contribution in [0.5, 0.6) is 5.75 Å². The van der Waals surface area contributed by atoms with Crippen LogP contribution in [0.2, 0.25) is 0 Å². The van der Waals surface area contributed by atoms with Gasteiger partial charge in [-0.15, -0.1) is 0 Å². The molecule has 1 aliphatic carbocycles. The highest BCUT2D eigenvalue weighted by molar-refractivity contribution is 5.34. The molecule has 0 aliphatic heterocycles. The smallest absolute Gasteiger partial charge is 0.381 e. The highest BCUT2D eigenvalue weighted by Gasteiger charge is 3.00. The second kappa shape index (κ2) is 6.17. The molecule has 2 rings (SSSR count). The maximum atomic E-state index is 14.6. The Balaban J connectivity index is 2.46. The van der Waals surface area contributed by atoms with Crippen molar-refractivity contribution in [2.24, 2.45) is 0 Å². The molecule has 11 heteroatoms. The minimum absolute atomic E-state index is 0.221. The third-order valence-corrected chi connectivity index (χ3v) is 4.61. The molecule has 28 heavy (non-hydrogen) atoms. The molecule has 2 nitrogen and oxygen atoms in total. The number of hydrogen-bond acceptors (Lipinski definition) is 2. The van der Waals surface area contributed by atoms with Gasteiger partial charge in [-0.25, -0.2) is 4.39 Å². The fraction of sp³-hybridized carbons (Fsp3) is 0.647. The second-order valence-electron chi connectivity index (χ2n) is 7.24. The van der Waals surface area contributed by atoms with E-state index >= 15 is 0 Å². The minimum atomic E-state index is -6.66. The minimum Gasteiger partial charge on any atom is -0.491 e. The lowest BCUT2D eigenvalue weighted by Crippen LogP contribution is -2.57. The predicted octanol–water partition coefficient (Wildman–Crippen LogP) is 5.33. The summed E-state index contributed by atoms with van der Waals surface area (Å²) in [5.74, 6) is -26.0. The third-order valence-electron chi connectivity index (χ3n) is 4.61. The van der Waals surface area contributed by atoms with Crippen LogP contribution < -0.4 is 4.74 Å². The zero-order valence-corrected chi connectivity index (χ0v) is 14.9. The van der Waals surface area contributed by atoms with Crippen molar-refractivity contribution < 1.29 is 49.4 Å². The van der Waals surface area contributed by atoms with E-state index in [0.717, 1.165) is 12.1 Å². The maximum absolute atomic E-state index is 14.6. The molecule has 0 amide bonds. The Morgan fingerprint density at radius 2 is 1.21 bits per heavy atom. The van der Waals surface area contributed by atoms with Crippen molar-refractivity contribution in [1.82, 2.24) is 0 Å². The molecule has 1 atom stereocenters. The largest absolute Gasteiger partial charge is 0.491 e. The Labute approximate surface area is 154 Å². The molecule has 0 spiro atoms. The first kappa shape index (κ1) is 22.6. The van der Waals surface area contributed by atoms with Crippen molar-refractivity contribution in [1.29, 1.82) is 0 Å². The van der Waals surface area contributed by atoms with E-state index < -0.39 is 46.9 Å². The number of alkyl halides is 9. The summed E-state index contributed by atoms with van der Waals surface area (Å²) in [5, 5.41) is 10.3. The van der Waals surface area contributed by atoms with Crippen LogP contribution in [0.15, 0.2) is 24.3 Å². The molecule has 1 saturated carbocycles. The van der Waals surface area contributed by atoms with E-state index in [4.69, 9.17) is 4.74 Å². The van der Waals surface area contributed by atoms with E-state index in [2.05, 4.69) is 0 Å². The molecule has 160 valence electrons. The third kappa shape index (κ3) is 2.76. The zero-order valence-electron chi connectivity index (χ0n) is 14.9. The van der Waals surface area contributed by atoms with E-state index in [9.17, 15) is 44.6 Å². The van der Waals surface area contributed by atoms with Crippen LogP contribution in [0.3, 0.4) is 0 Å².